The SMILES string of the molecule is CC(C)(O)C(=O)Nc1cccc(Br)c1C#C[Si](C)(C)C. The Morgan fingerprint density at radius 3 is 2.45 bits per heavy atom. The molecule has 0 radical (unpaired) electrons. The van der Waals surface area contributed by atoms with Gasteiger partial charge in [-0.05, 0) is 41.9 Å². The van der Waals surface area contributed by atoms with E-state index in [9.17, 15) is 9.90 Å². The van der Waals surface area contributed by atoms with Crippen LogP contribution >= 0.6 is 15.9 Å². The third-order valence-corrected chi connectivity index (χ3v) is 3.92. The second-order valence-electron chi connectivity index (χ2n) is 6.18. The van der Waals surface area contributed by atoms with Gasteiger partial charge in [0.05, 0.1) is 11.3 Å². The number of anilines is 1. The molecule has 0 aliphatic rings. The standard InChI is InChI=1S/C15H20BrNO2Si/c1-15(2,19)14(18)17-13-8-6-7-12(16)11(13)9-10-20(3,4)5/h6-8,19H,1-5H3,(H,17,18). The molecule has 0 bridgehead atoms. The minimum absolute atomic E-state index is 0.452. The summed E-state index contributed by atoms with van der Waals surface area (Å²) in [4.78, 5) is 11.9. The van der Waals surface area contributed by atoms with Crippen LogP contribution in [0, 0.1) is 11.5 Å². The lowest BCUT2D eigenvalue weighted by Crippen LogP contribution is -2.36. The van der Waals surface area contributed by atoms with Gasteiger partial charge in [0.15, 0.2) is 0 Å². The maximum Gasteiger partial charge on any atom is 0.255 e. The van der Waals surface area contributed by atoms with Crippen molar-refractivity contribution in [3.8, 4) is 11.5 Å². The van der Waals surface area contributed by atoms with Gasteiger partial charge in [0.1, 0.15) is 13.7 Å². The van der Waals surface area contributed by atoms with E-state index in [1.54, 1.807) is 6.07 Å². The summed E-state index contributed by atoms with van der Waals surface area (Å²) in [6.45, 7) is 9.38. The third-order valence-electron chi connectivity index (χ3n) is 2.38. The van der Waals surface area contributed by atoms with Crippen LogP contribution in [0.1, 0.15) is 19.4 Å². The predicted octanol–water partition coefficient (Wildman–Crippen LogP) is 3.39. The van der Waals surface area contributed by atoms with Crippen molar-refractivity contribution in [2.45, 2.75) is 39.1 Å². The number of carbonyl (C=O) groups is 1. The average Bonchev–Trinajstić information content (AvgIpc) is 2.25. The van der Waals surface area contributed by atoms with Crippen molar-refractivity contribution in [3.63, 3.8) is 0 Å². The number of carbonyl (C=O) groups excluding carboxylic acids is 1. The fourth-order valence-corrected chi connectivity index (χ4v) is 2.25. The van der Waals surface area contributed by atoms with Gasteiger partial charge in [-0.1, -0.05) is 31.6 Å². The Labute approximate surface area is 129 Å². The lowest BCUT2D eigenvalue weighted by atomic mass is 10.1. The molecule has 0 heterocycles. The quantitative estimate of drug-likeness (QED) is 0.632. The van der Waals surface area contributed by atoms with Crippen LogP contribution in [0.3, 0.4) is 0 Å². The van der Waals surface area contributed by atoms with Crippen LogP contribution in [-0.4, -0.2) is 24.7 Å². The number of hydrogen-bond acceptors (Lipinski definition) is 2. The van der Waals surface area contributed by atoms with Gasteiger partial charge in [-0.25, -0.2) is 0 Å². The van der Waals surface area contributed by atoms with Crippen LogP contribution in [0.4, 0.5) is 5.69 Å². The van der Waals surface area contributed by atoms with E-state index in [1.807, 2.05) is 12.1 Å². The van der Waals surface area contributed by atoms with Gasteiger partial charge < -0.3 is 10.4 Å². The summed E-state index contributed by atoms with van der Waals surface area (Å²) >= 11 is 3.45. The first-order chi connectivity index (χ1) is 9.00. The van der Waals surface area contributed by atoms with Crippen LogP contribution in [-0.2, 0) is 4.79 Å². The summed E-state index contributed by atoms with van der Waals surface area (Å²) in [6, 6.07) is 5.49. The number of hydrogen-bond donors (Lipinski definition) is 2. The Balaban J connectivity index is 3.18. The first-order valence-corrected chi connectivity index (χ1v) is 10.7. The van der Waals surface area contributed by atoms with Crippen molar-refractivity contribution in [2.75, 3.05) is 5.32 Å². The van der Waals surface area contributed by atoms with Gasteiger partial charge in [-0.2, -0.15) is 0 Å². The molecule has 0 aliphatic heterocycles. The summed E-state index contributed by atoms with van der Waals surface area (Å²) in [6.07, 6.45) is 0. The molecule has 3 nitrogen and oxygen atoms in total. The van der Waals surface area contributed by atoms with E-state index in [0.29, 0.717) is 5.69 Å². The Morgan fingerprint density at radius 2 is 1.95 bits per heavy atom. The molecule has 1 rings (SSSR count). The van der Waals surface area contributed by atoms with Crippen LogP contribution in [0.2, 0.25) is 19.6 Å². The number of benzene rings is 1. The van der Waals surface area contributed by atoms with Gasteiger partial charge in [-0.15, -0.1) is 5.54 Å². The highest BCUT2D eigenvalue weighted by Crippen LogP contribution is 2.25. The molecular formula is C15H20BrNO2Si. The highest BCUT2D eigenvalue weighted by molar-refractivity contribution is 9.10. The maximum absolute atomic E-state index is 11.9. The van der Waals surface area contributed by atoms with Crippen molar-refractivity contribution in [1.29, 1.82) is 0 Å². The molecule has 0 spiro atoms. The molecule has 0 fully saturated rings. The first-order valence-electron chi connectivity index (χ1n) is 6.36. The molecule has 0 aromatic heterocycles. The van der Waals surface area contributed by atoms with E-state index >= 15 is 0 Å². The summed E-state index contributed by atoms with van der Waals surface area (Å²) in [5.41, 5.74) is 3.20. The van der Waals surface area contributed by atoms with Crippen LogP contribution in [0.5, 0.6) is 0 Å². The zero-order chi connectivity index (χ0) is 15.6. The van der Waals surface area contributed by atoms with Crippen molar-refractivity contribution in [2.24, 2.45) is 0 Å². The smallest absolute Gasteiger partial charge is 0.255 e. The molecular weight excluding hydrogens is 334 g/mol. The molecule has 0 atom stereocenters. The fraction of sp³-hybridized carbons (Fsp3) is 0.400. The summed E-state index contributed by atoms with van der Waals surface area (Å²) in [5.74, 6) is 2.69. The molecule has 1 amide bonds. The van der Waals surface area contributed by atoms with Crippen molar-refractivity contribution < 1.29 is 9.90 Å². The van der Waals surface area contributed by atoms with Crippen molar-refractivity contribution in [1.82, 2.24) is 0 Å². The zero-order valence-corrected chi connectivity index (χ0v) is 15.1. The van der Waals surface area contributed by atoms with Crippen LogP contribution in [0.25, 0.3) is 0 Å². The summed E-state index contributed by atoms with van der Waals surface area (Å²) < 4.78 is 0.830. The van der Waals surface area contributed by atoms with E-state index in [0.717, 1.165) is 10.0 Å². The fourth-order valence-electron chi connectivity index (χ4n) is 1.28. The monoisotopic (exact) mass is 353 g/mol. The molecule has 0 saturated heterocycles. The van der Waals surface area contributed by atoms with Gasteiger partial charge in [0.2, 0.25) is 0 Å². The number of rotatable bonds is 2. The molecule has 20 heavy (non-hydrogen) atoms. The average molecular weight is 354 g/mol. The highest BCUT2D eigenvalue weighted by Gasteiger charge is 2.24. The Morgan fingerprint density at radius 1 is 1.35 bits per heavy atom. The highest BCUT2D eigenvalue weighted by atomic mass is 79.9. The van der Waals surface area contributed by atoms with Gasteiger partial charge in [-0.3, -0.25) is 4.79 Å². The molecule has 5 heteroatoms. The van der Waals surface area contributed by atoms with E-state index in [2.05, 4.69) is 52.4 Å². The third kappa shape index (κ3) is 5.12. The number of aliphatic hydroxyl groups is 1. The first kappa shape index (κ1) is 17.0. The summed E-state index contributed by atoms with van der Waals surface area (Å²) in [5, 5.41) is 12.4. The molecule has 1 aromatic carbocycles. The van der Waals surface area contributed by atoms with E-state index in [4.69, 9.17) is 0 Å². The van der Waals surface area contributed by atoms with Crippen molar-refractivity contribution in [3.05, 3.63) is 28.2 Å². The normalized spacial score (nSPS) is 11.6. The molecule has 1 aromatic rings. The number of halogens is 1. The van der Waals surface area contributed by atoms with Crippen LogP contribution < -0.4 is 5.32 Å². The minimum atomic E-state index is -1.51. The van der Waals surface area contributed by atoms with Gasteiger partial charge in [0.25, 0.3) is 5.91 Å². The molecule has 108 valence electrons. The van der Waals surface area contributed by atoms with Gasteiger partial charge in [0, 0.05) is 4.47 Å². The number of amides is 1. The molecule has 0 saturated carbocycles. The zero-order valence-electron chi connectivity index (χ0n) is 12.5. The largest absolute Gasteiger partial charge is 0.381 e. The van der Waals surface area contributed by atoms with E-state index in [-0.39, 0.29) is 0 Å². The Kier molecular flexibility index (Phi) is 5.19. The van der Waals surface area contributed by atoms with Crippen LogP contribution in [0.15, 0.2) is 22.7 Å². The minimum Gasteiger partial charge on any atom is -0.381 e. The lowest BCUT2D eigenvalue weighted by molar-refractivity contribution is -0.130. The van der Waals surface area contributed by atoms with E-state index in [1.165, 1.54) is 13.8 Å². The second kappa shape index (κ2) is 6.13. The lowest BCUT2D eigenvalue weighted by Gasteiger charge is -2.18. The summed E-state index contributed by atoms with van der Waals surface area (Å²) in [7, 11) is -1.51. The topological polar surface area (TPSA) is 49.3 Å². The Bertz CT molecular complexity index is 574. The molecule has 0 aliphatic carbocycles. The van der Waals surface area contributed by atoms with Crippen molar-refractivity contribution >= 4 is 35.6 Å². The Hall–Kier alpha value is -1.09. The van der Waals surface area contributed by atoms with E-state index < -0.39 is 19.6 Å². The predicted molar refractivity (Wildman–Crippen MR) is 89.3 cm³/mol. The van der Waals surface area contributed by atoms with Gasteiger partial charge >= 0.3 is 0 Å². The molecule has 0 unspecified atom stereocenters. The second-order valence-corrected chi connectivity index (χ2v) is 11.8. The molecule has 2 N–H and O–H groups in total. The maximum atomic E-state index is 11.9. The number of nitrogens with one attached hydrogen (secondary N) is 1.